The average Bonchev–Trinajstić information content (AvgIpc) is 2.69. The Bertz CT molecular complexity index is 894. The topological polar surface area (TPSA) is 83.8 Å². The van der Waals surface area contributed by atoms with Crippen molar-refractivity contribution < 1.29 is 13.9 Å². The van der Waals surface area contributed by atoms with E-state index in [0.717, 1.165) is 39.3 Å². The number of benzene rings is 1. The second kappa shape index (κ2) is 10.1. The number of hydrogen-bond acceptors (Lipinski definition) is 6. The van der Waals surface area contributed by atoms with Crippen molar-refractivity contribution in [1.29, 1.82) is 0 Å². The zero-order chi connectivity index (χ0) is 20.9. The number of carbonyl (C=O) groups excluding carboxylic acids is 1. The van der Waals surface area contributed by atoms with Gasteiger partial charge >= 0.3 is 5.63 Å². The van der Waals surface area contributed by atoms with Crippen LogP contribution in [0.4, 0.5) is 0 Å². The zero-order valence-electron chi connectivity index (χ0n) is 15.6. The number of para-hydroxylation sites is 1. The molecule has 1 aliphatic rings. The molecule has 1 aromatic carbocycles. The van der Waals surface area contributed by atoms with E-state index in [0.29, 0.717) is 17.5 Å². The number of ether oxygens (including phenoxy) is 1. The molecule has 1 unspecified atom stereocenters. The Morgan fingerprint density at radius 3 is 2.66 bits per heavy atom. The molecule has 7 nitrogen and oxygen atoms in total. The average molecular weight is 463 g/mol. The highest BCUT2D eigenvalue weighted by Crippen LogP contribution is 2.29. The first-order valence-corrected chi connectivity index (χ1v) is 10.4. The summed E-state index contributed by atoms with van der Waals surface area (Å²) in [5, 5.41) is 6.24. The fraction of sp³-hybridized carbons (Fsp3) is 0.474. The summed E-state index contributed by atoms with van der Waals surface area (Å²) in [6.07, 6.45) is -0.179. The van der Waals surface area contributed by atoms with Gasteiger partial charge < -0.3 is 14.5 Å². The molecule has 1 aliphatic heterocycles. The molecule has 158 valence electrons. The van der Waals surface area contributed by atoms with Gasteiger partial charge in [-0.2, -0.15) is 0 Å². The molecule has 2 heterocycles. The monoisotopic (exact) mass is 461 g/mol. The maximum atomic E-state index is 12.6. The van der Waals surface area contributed by atoms with E-state index in [2.05, 4.69) is 15.5 Å². The van der Waals surface area contributed by atoms with Crippen LogP contribution in [0.25, 0.3) is 11.0 Å². The minimum absolute atomic E-state index is 0.155. The number of fused-ring (bicyclic) bond motifs is 1. The van der Waals surface area contributed by atoms with E-state index in [-0.39, 0.29) is 5.56 Å². The predicted molar refractivity (Wildman–Crippen MR) is 114 cm³/mol. The van der Waals surface area contributed by atoms with Crippen molar-refractivity contribution in [3.05, 3.63) is 46.3 Å². The first kappa shape index (κ1) is 22.3. The fourth-order valence-electron chi connectivity index (χ4n) is 3.05. The van der Waals surface area contributed by atoms with Crippen LogP contribution in [0, 0.1) is 0 Å². The van der Waals surface area contributed by atoms with Crippen LogP contribution in [0.2, 0.25) is 0 Å². The van der Waals surface area contributed by atoms with Crippen molar-refractivity contribution in [3.8, 4) is 0 Å². The third-order valence-electron chi connectivity index (χ3n) is 4.59. The molecule has 0 radical (unpaired) electrons. The summed E-state index contributed by atoms with van der Waals surface area (Å²) in [5.41, 5.74) is -0.511. The lowest BCUT2D eigenvalue weighted by Crippen LogP contribution is -2.54. The Labute approximate surface area is 183 Å². The summed E-state index contributed by atoms with van der Waals surface area (Å²) in [7, 11) is 0. The predicted octanol–water partition coefficient (Wildman–Crippen LogP) is 2.53. The van der Waals surface area contributed by atoms with Crippen LogP contribution >= 0.6 is 34.8 Å². The number of rotatable bonds is 7. The second-order valence-corrected chi connectivity index (χ2v) is 9.06. The van der Waals surface area contributed by atoms with Gasteiger partial charge in [-0.25, -0.2) is 4.79 Å². The van der Waals surface area contributed by atoms with Gasteiger partial charge in [-0.05, 0) is 31.6 Å². The van der Waals surface area contributed by atoms with Gasteiger partial charge in [-0.15, -0.1) is 0 Å². The lowest BCUT2D eigenvalue weighted by atomic mass is 10.2. The van der Waals surface area contributed by atoms with Gasteiger partial charge in [0.25, 0.3) is 5.91 Å². The zero-order valence-corrected chi connectivity index (χ0v) is 17.9. The van der Waals surface area contributed by atoms with Crippen LogP contribution in [-0.2, 0) is 4.74 Å². The van der Waals surface area contributed by atoms with Gasteiger partial charge in [0.15, 0.2) is 0 Å². The number of nitrogens with zero attached hydrogens (tertiary/aromatic N) is 1. The molecule has 10 heteroatoms. The van der Waals surface area contributed by atoms with Crippen molar-refractivity contribution in [2.45, 2.75) is 16.4 Å². The van der Waals surface area contributed by atoms with Crippen molar-refractivity contribution in [3.63, 3.8) is 0 Å². The molecule has 1 atom stereocenters. The number of alkyl halides is 3. The Morgan fingerprint density at radius 1 is 1.21 bits per heavy atom. The van der Waals surface area contributed by atoms with E-state index >= 15 is 0 Å². The van der Waals surface area contributed by atoms with Gasteiger partial charge in [-0.1, -0.05) is 53.0 Å². The van der Waals surface area contributed by atoms with E-state index in [1.807, 2.05) is 0 Å². The van der Waals surface area contributed by atoms with E-state index in [9.17, 15) is 9.59 Å². The molecule has 1 amide bonds. The largest absolute Gasteiger partial charge is 0.422 e. The Kier molecular flexibility index (Phi) is 7.79. The maximum absolute atomic E-state index is 12.6. The summed E-state index contributed by atoms with van der Waals surface area (Å²) in [4.78, 5) is 27.1. The highest BCUT2D eigenvalue weighted by atomic mass is 35.6. The SMILES string of the molecule is O=C(NC(NCCCN1CCOCC1)C(Cl)(Cl)Cl)c1cc2ccccc2oc1=O. The quantitative estimate of drug-likeness (QED) is 0.285. The van der Waals surface area contributed by atoms with Gasteiger partial charge in [0, 0.05) is 18.5 Å². The van der Waals surface area contributed by atoms with E-state index in [1.54, 1.807) is 24.3 Å². The summed E-state index contributed by atoms with van der Waals surface area (Å²) in [6, 6.07) is 8.38. The fourth-order valence-corrected chi connectivity index (χ4v) is 3.45. The lowest BCUT2D eigenvalue weighted by Gasteiger charge is -2.28. The number of hydrogen-bond donors (Lipinski definition) is 2. The van der Waals surface area contributed by atoms with Crippen molar-refractivity contribution in [2.24, 2.45) is 0 Å². The Morgan fingerprint density at radius 2 is 1.93 bits per heavy atom. The van der Waals surface area contributed by atoms with Crippen LogP contribution in [0.5, 0.6) is 0 Å². The molecular formula is C19H22Cl3N3O4. The number of halogens is 3. The van der Waals surface area contributed by atoms with Crippen molar-refractivity contribution in [1.82, 2.24) is 15.5 Å². The molecule has 0 aliphatic carbocycles. The van der Waals surface area contributed by atoms with Crippen LogP contribution in [0.1, 0.15) is 16.8 Å². The van der Waals surface area contributed by atoms with E-state index in [4.69, 9.17) is 44.0 Å². The molecule has 3 rings (SSSR count). The van der Waals surface area contributed by atoms with Crippen molar-refractivity contribution >= 4 is 51.7 Å². The smallest absolute Gasteiger partial charge is 0.349 e. The van der Waals surface area contributed by atoms with Gasteiger partial charge in [0.05, 0.1) is 13.2 Å². The number of carbonyl (C=O) groups is 1. The first-order valence-electron chi connectivity index (χ1n) is 9.28. The van der Waals surface area contributed by atoms with Gasteiger partial charge in [0.1, 0.15) is 17.3 Å². The Hall–Kier alpha value is -1.35. The van der Waals surface area contributed by atoms with Gasteiger partial charge in [0.2, 0.25) is 3.79 Å². The molecule has 1 fully saturated rings. The molecule has 2 aromatic rings. The molecule has 29 heavy (non-hydrogen) atoms. The second-order valence-electron chi connectivity index (χ2n) is 6.70. The molecule has 0 spiro atoms. The van der Waals surface area contributed by atoms with E-state index < -0.39 is 21.5 Å². The molecule has 0 saturated carbocycles. The maximum Gasteiger partial charge on any atom is 0.349 e. The minimum atomic E-state index is -1.80. The molecule has 0 bridgehead atoms. The summed E-state index contributed by atoms with van der Waals surface area (Å²) >= 11 is 18.1. The first-order chi connectivity index (χ1) is 13.8. The lowest BCUT2D eigenvalue weighted by molar-refractivity contribution is 0.0373. The van der Waals surface area contributed by atoms with Crippen molar-refractivity contribution in [2.75, 3.05) is 39.4 Å². The summed E-state index contributed by atoms with van der Waals surface area (Å²) in [6.45, 7) is 4.63. The molecule has 1 saturated heterocycles. The van der Waals surface area contributed by atoms with E-state index in [1.165, 1.54) is 6.07 Å². The third-order valence-corrected chi connectivity index (χ3v) is 5.25. The number of morpholine rings is 1. The minimum Gasteiger partial charge on any atom is -0.422 e. The molecule has 1 aromatic heterocycles. The highest BCUT2D eigenvalue weighted by molar-refractivity contribution is 6.68. The summed E-state index contributed by atoms with van der Waals surface area (Å²) in [5.74, 6) is -0.679. The molecular weight excluding hydrogens is 441 g/mol. The Balaban J connectivity index is 1.61. The number of nitrogens with one attached hydrogen (secondary N) is 2. The van der Waals surface area contributed by atoms with Crippen LogP contribution in [0.15, 0.2) is 39.5 Å². The van der Waals surface area contributed by atoms with Gasteiger partial charge in [-0.3, -0.25) is 15.0 Å². The van der Waals surface area contributed by atoms with Crippen LogP contribution in [-0.4, -0.2) is 60.2 Å². The van der Waals surface area contributed by atoms with Crippen LogP contribution in [0.3, 0.4) is 0 Å². The third kappa shape index (κ3) is 6.31. The van der Waals surface area contributed by atoms with Crippen LogP contribution < -0.4 is 16.3 Å². The standard InChI is InChI=1S/C19H22Cl3N3O4/c20-19(21,22)18(23-6-3-7-25-8-10-28-11-9-25)24-16(26)14-12-13-4-1-2-5-15(13)29-17(14)27/h1-2,4-5,12,18,23H,3,6-11H2,(H,24,26). The highest BCUT2D eigenvalue weighted by Gasteiger charge is 2.34. The molecule has 2 N–H and O–H groups in total. The summed E-state index contributed by atoms with van der Waals surface area (Å²) < 4.78 is 8.72. The normalized spacial score (nSPS) is 16.7. The number of amides is 1.